The lowest BCUT2D eigenvalue weighted by Crippen LogP contribution is -2.67. The summed E-state index contributed by atoms with van der Waals surface area (Å²) in [6, 6.07) is 3.75. The fourth-order valence-electron chi connectivity index (χ4n) is 7.45. The highest BCUT2D eigenvalue weighted by Gasteiger charge is 2.72. The van der Waals surface area contributed by atoms with Crippen LogP contribution in [0.4, 0.5) is 0 Å². The Kier molecular flexibility index (Phi) is 10.6. The molecule has 0 unspecified atom stereocenters. The third-order valence-corrected chi connectivity index (χ3v) is 10.3. The zero-order chi connectivity index (χ0) is 34.1. The van der Waals surface area contributed by atoms with E-state index in [1.54, 1.807) is 0 Å². The normalized spacial score (nSPS) is 24.5. The summed E-state index contributed by atoms with van der Waals surface area (Å²) in [7, 11) is 1.42. The van der Waals surface area contributed by atoms with Gasteiger partial charge in [0.1, 0.15) is 11.3 Å². The number of hydrogen-bond donors (Lipinski definition) is 2. The van der Waals surface area contributed by atoms with Gasteiger partial charge in [0.15, 0.2) is 28.8 Å². The van der Waals surface area contributed by atoms with Crippen LogP contribution in [0.5, 0.6) is 11.5 Å². The number of methoxy groups -OCH3 is 1. The number of hydrogen-bond acceptors (Lipinski definition) is 6. The van der Waals surface area contributed by atoms with E-state index in [0.717, 1.165) is 34.8 Å². The molecule has 6 nitrogen and oxygen atoms in total. The first-order chi connectivity index (χ1) is 20.9. The van der Waals surface area contributed by atoms with Gasteiger partial charge in [0.25, 0.3) is 0 Å². The maximum absolute atomic E-state index is 15.4. The molecular formula is C39H52O6. The fourth-order valence-corrected chi connectivity index (χ4v) is 7.45. The van der Waals surface area contributed by atoms with E-state index in [2.05, 4.69) is 33.1 Å². The lowest BCUT2D eigenvalue weighted by Gasteiger charge is -2.61. The van der Waals surface area contributed by atoms with Crippen molar-refractivity contribution in [2.24, 2.45) is 28.1 Å². The van der Waals surface area contributed by atoms with Crippen LogP contribution in [-0.2, 0) is 14.3 Å². The van der Waals surface area contributed by atoms with E-state index >= 15 is 9.59 Å². The van der Waals surface area contributed by atoms with Gasteiger partial charge in [-0.1, -0.05) is 54.9 Å². The van der Waals surface area contributed by atoms with E-state index in [1.165, 1.54) is 19.2 Å². The number of carbonyl (C=O) groups excluding carboxylic acids is 3. The standard InChI is InChI=1S/C39H52O6/c1-23(2)12-14-28(26(7)8)21-38-22-29(16-13-24(3)4)37(9,10)39(36(38)44,19-18-25(5)6)35(45-11)32(34(38)43)33(42)27-15-17-30(40)31(41)20-27/h13,15,17-18,20,28-29,40-41H,1,7,12,14,16,19,21-22H2,2-6,8-11H3/t28-,29+,38+,39-/m1/s1. The van der Waals surface area contributed by atoms with Crippen LogP contribution >= 0.6 is 0 Å². The number of rotatable bonds is 13. The highest BCUT2D eigenvalue weighted by molar-refractivity contribution is 6.35. The zero-order valence-corrected chi connectivity index (χ0v) is 28.7. The number of allylic oxidation sites excluding steroid dienone is 8. The number of phenols is 2. The van der Waals surface area contributed by atoms with E-state index < -0.39 is 33.6 Å². The molecule has 0 heterocycles. The molecule has 2 aliphatic carbocycles. The van der Waals surface area contributed by atoms with Crippen molar-refractivity contribution < 1.29 is 29.3 Å². The Morgan fingerprint density at radius 3 is 2.16 bits per heavy atom. The molecule has 6 heteroatoms. The first-order valence-corrected chi connectivity index (χ1v) is 15.9. The minimum Gasteiger partial charge on any atom is -0.504 e. The Morgan fingerprint density at radius 1 is 1.02 bits per heavy atom. The smallest absolute Gasteiger partial charge is 0.200 e. The summed E-state index contributed by atoms with van der Waals surface area (Å²) >= 11 is 0. The molecule has 0 spiro atoms. The van der Waals surface area contributed by atoms with Crippen LogP contribution in [0.3, 0.4) is 0 Å². The molecule has 2 bridgehead atoms. The van der Waals surface area contributed by atoms with Crippen LogP contribution in [0.15, 0.2) is 77.1 Å². The van der Waals surface area contributed by atoms with E-state index in [9.17, 15) is 15.0 Å². The minimum atomic E-state index is -1.49. The Bertz CT molecular complexity index is 1490. The molecule has 1 saturated carbocycles. The van der Waals surface area contributed by atoms with Crippen LogP contribution in [0, 0.1) is 28.1 Å². The summed E-state index contributed by atoms with van der Waals surface area (Å²) in [4.78, 5) is 45.0. The molecule has 2 aliphatic rings. The Balaban J connectivity index is 2.48. The number of fused-ring (bicyclic) bond motifs is 2. The van der Waals surface area contributed by atoms with E-state index in [0.29, 0.717) is 19.3 Å². The summed E-state index contributed by atoms with van der Waals surface area (Å²) in [5.74, 6) is -2.37. The van der Waals surface area contributed by atoms with Crippen LogP contribution in [0.2, 0.25) is 0 Å². The third-order valence-electron chi connectivity index (χ3n) is 10.3. The maximum atomic E-state index is 15.4. The van der Waals surface area contributed by atoms with Crippen molar-refractivity contribution in [3.63, 3.8) is 0 Å². The minimum absolute atomic E-state index is 0.0285. The molecular weight excluding hydrogens is 564 g/mol. The van der Waals surface area contributed by atoms with Crippen molar-refractivity contribution in [2.45, 2.75) is 93.9 Å². The summed E-state index contributed by atoms with van der Waals surface area (Å²) in [5, 5.41) is 20.2. The van der Waals surface area contributed by atoms with Crippen molar-refractivity contribution >= 4 is 17.3 Å². The second-order valence-corrected chi connectivity index (χ2v) is 14.5. The van der Waals surface area contributed by atoms with Gasteiger partial charge in [-0.15, -0.1) is 6.58 Å². The van der Waals surface area contributed by atoms with Gasteiger partial charge in [0.05, 0.1) is 17.9 Å². The van der Waals surface area contributed by atoms with E-state index in [4.69, 9.17) is 4.74 Å². The maximum Gasteiger partial charge on any atom is 0.200 e. The SMILES string of the molecule is C=C(C)CC[C@H](C[C@@]12C[C@H](CC=C(C)C)C(C)(C)[C@@](CC=C(C)C)(C1=O)C(OC)=C(C(=O)c1ccc(O)c(O)c1)C2=O)C(=C)C. The first-order valence-electron chi connectivity index (χ1n) is 15.9. The topological polar surface area (TPSA) is 101 Å². The van der Waals surface area contributed by atoms with Gasteiger partial charge in [-0.05, 0) is 116 Å². The Morgan fingerprint density at radius 2 is 1.64 bits per heavy atom. The van der Waals surface area contributed by atoms with Crippen molar-refractivity contribution in [1.29, 1.82) is 0 Å². The highest BCUT2D eigenvalue weighted by Crippen LogP contribution is 2.68. The average Bonchev–Trinajstić information content (AvgIpc) is 2.94. The lowest BCUT2D eigenvalue weighted by molar-refractivity contribution is -0.171. The number of Topliss-reactive ketones (excluding diaryl/α,β-unsaturated/α-hetero) is 3. The van der Waals surface area contributed by atoms with Crippen molar-refractivity contribution in [3.05, 3.63) is 82.7 Å². The van der Waals surface area contributed by atoms with Gasteiger partial charge in [-0.2, -0.15) is 0 Å². The quantitative estimate of drug-likeness (QED) is 0.0754. The predicted octanol–water partition coefficient (Wildman–Crippen LogP) is 9.00. The molecule has 0 aromatic heterocycles. The molecule has 1 aromatic carbocycles. The number of carbonyl (C=O) groups is 3. The molecule has 0 saturated heterocycles. The fraction of sp³-hybridized carbons (Fsp3) is 0.513. The second kappa shape index (κ2) is 13.4. The zero-order valence-electron chi connectivity index (χ0n) is 28.7. The largest absolute Gasteiger partial charge is 0.504 e. The van der Waals surface area contributed by atoms with Crippen LogP contribution in [0.25, 0.3) is 0 Å². The van der Waals surface area contributed by atoms with Gasteiger partial charge in [-0.3, -0.25) is 14.4 Å². The third kappa shape index (κ3) is 6.39. The Labute approximate surface area is 269 Å². The van der Waals surface area contributed by atoms with Gasteiger partial charge in [0, 0.05) is 5.56 Å². The molecule has 2 N–H and O–H groups in total. The van der Waals surface area contributed by atoms with Crippen molar-refractivity contribution in [3.8, 4) is 11.5 Å². The molecule has 0 aliphatic heterocycles. The lowest BCUT2D eigenvalue weighted by atomic mass is 9.39. The molecule has 1 fully saturated rings. The highest BCUT2D eigenvalue weighted by atomic mass is 16.5. The first kappa shape index (κ1) is 35.8. The molecule has 45 heavy (non-hydrogen) atoms. The number of ketones is 3. The summed E-state index contributed by atoms with van der Waals surface area (Å²) < 4.78 is 6.08. The predicted molar refractivity (Wildman–Crippen MR) is 180 cm³/mol. The average molecular weight is 617 g/mol. The number of ether oxygens (including phenoxy) is 1. The molecule has 1 aromatic rings. The van der Waals surface area contributed by atoms with Gasteiger partial charge >= 0.3 is 0 Å². The monoisotopic (exact) mass is 616 g/mol. The van der Waals surface area contributed by atoms with E-state index in [-0.39, 0.29) is 53.1 Å². The van der Waals surface area contributed by atoms with Crippen molar-refractivity contribution in [2.75, 3.05) is 7.11 Å². The van der Waals surface area contributed by atoms with Gasteiger partial charge in [-0.25, -0.2) is 0 Å². The molecule has 3 rings (SSSR count). The van der Waals surface area contributed by atoms with Gasteiger partial charge in [0.2, 0.25) is 0 Å². The van der Waals surface area contributed by atoms with Crippen LogP contribution in [0.1, 0.15) is 104 Å². The molecule has 0 amide bonds. The second-order valence-electron chi connectivity index (χ2n) is 14.5. The molecule has 0 radical (unpaired) electrons. The summed E-state index contributed by atoms with van der Waals surface area (Å²) in [6.45, 7) is 24.4. The summed E-state index contributed by atoms with van der Waals surface area (Å²) in [5.41, 5.74) is 0.404. The van der Waals surface area contributed by atoms with E-state index in [1.807, 2.05) is 47.6 Å². The number of phenolic OH excluding ortho intramolecular Hbond substituents is 2. The molecule has 4 atom stereocenters. The number of aromatic hydroxyl groups is 2. The number of benzene rings is 1. The van der Waals surface area contributed by atoms with Crippen LogP contribution in [-0.4, -0.2) is 34.7 Å². The van der Waals surface area contributed by atoms with Crippen molar-refractivity contribution in [1.82, 2.24) is 0 Å². The van der Waals surface area contributed by atoms with Crippen LogP contribution < -0.4 is 0 Å². The Hall–Kier alpha value is -3.67. The van der Waals surface area contributed by atoms with Gasteiger partial charge < -0.3 is 14.9 Å². The molecule has 244 valence electrons. The summed E-state index contributed by atoms with van der Waals surface area (Å²) in [6.07, 6.45) is 7.06.